The number of aliphatic hydroxyl groups excluding tert-OH is 1. The highest BCUT2D eigenvalue weighted by Gasteiger charge is 2.40. The Labute approximate surface area is 145 Å². The van der Waals surface area contributed by atoms with Gasteiger partial charge in [-0.2, -0.15) is 0 Å². The number of primary amides is 1. The second-order valence-electron chi connectivity index (χ2n) is 5.85. The van der Waals surface area contributed by atoms with E-state index in [0.717, 1.165) is 5.56 Å². The van der Waals surface area contributed by atoms with E-state index in [-0.39, 0.29) is 18.2 Å². The quantitative estimate of drug-likeness (QED) is 0.718. The van der Waals surface area contributed by atoms with Gasteiger partial charge in [0.15, 0.2) is 0 Å². The summed E-state index contributed by atoms with van der Waals surface area (Å²) in [5, 5.41) is 12.3. The summed E-state index contributed by atoms with van der Waals surface area (Å²) in [7, 11) is 0. The standard InChI is InChI=1S/C19H17N3O3/c20-17(24)16-6-2-5-15(22-16)14-4-1-3-13(11-14)7-8-19(12-23)9-10-21-18(19)25/h1-6,11,23H,9-10,12H2,(H2,20,24)(H,21,25)/t19-/m0/s1. The van der Waals surface area contributed by atoms with Crippen molar-refractivity contribution in [2.45, 2.75) is 6.42 Å². The monoisotopic (exact) mass is 335 g/mol. The molecular weight excluding hydrogens is 318 g/mol. The summed E-state index contributed by atoms with van der Waals surface area (Å²) < 4.78 is 0. The highest BCUT2D eigenvalue weighted by Crippen LogP contribution is 2.25. The van der Waals surface area contributed by atoms with Crippen molar-refractivity contribution in [2.75, 3.05) is 13.2 Å². The number of carbonyl (C=O) groups excluding carboxylic acids is 2. The van der Waals surface area contributed by atoms with Gasteiger partial charge in [-0.05, 0) is 30.7 Å². The van der Waals surface area contributed by atoms with Crippen LogP contribution in [0.5, 0.6) is 0 Å². The van der Waals surface area contributed by atoms with Crippen molar-refractivity contribution in [1.82, 2.24) is 10.3 Å². The molecule has 1 aliphatic rings. The molecule has 25 heavy (non-hydrogen) atoms. The predicted octanol–water partition coefficient (Wildman–Crippen LogP) is 0.698. The number of hydrogen-bond donors (Lipinski definition) is 3. The number of amides is 2. The Kier molecular flexibility index (Phi) is 4.50. The summed E-state index contributed by atoms with van der Waals surface area (Å²) in [5.74, 6) is 5.05. The van der Waals surface area contributed by atoms with E-state index in [1.54, 1.807) is 18.2 Å². The summed E-state index contributed by atoms with van der Waals surface area (Å²) in [6.45, 7) is 0.200. The largest absolute Gasteiger partial charge is 0.394 e. The molecule has 2 heterocycles. The highest BCUT2D eigenvalue weighted by atomic mass is 16.3. The first kappa shape index (κ1) is 16.7. The molecule has 0 spiro atoms. The van der Waals surface area contributed by atoms with Gasteiger partial charge >= 0.3 is 0 Å². The Balaban J connectivity index is 1.93. The third-order valence-corrected chi connectivity index (χ3v) is 4.15. The molecule has 1 aromatic heterocycles. The smallest absolute Gasteiger partial charge is 0.267 e. The van der Waals surface area contributed by atoms with Crippen molar-refractivity contribution in [1.29, 1.82) is 0 Å². The first-order valence-corrected chi connectivity index (χ1v) is 7.84. The van der Waals surface area contributed by atoms with Crippen LogP contribution in [0.2, 0.25) is 0 Å². The Morgan fingerprint density at radius 3 is 2.80 bits per heavy atom. The molecule has 0 saturated carbocycles. The molecule has 0 unspecified atom stereocenters. The minimum Gasteiger partial charge on any atom is -0.394 e. The van der Waals surface area contributed by atoms with Gasteiger partial charge in [0.25, 0.3) is 5.91 Å². The Hall–Kier alpha value is -3.17. The first-order valence-electron chi connectivity index (χ1n) is 7.84. The number of nitrogens with one attached hydrogen (secondary N) is 1. The number of nitrogens with zero attached hydrogens (tertiary/aromatic N) is 1. The van der Waals surface area contributed by atoms with Crippen molar-refractivity contribution < 1.29 is 14.7 Å². The third-order valence-electron chi connectivity index (χ3n) is 4.15. The van der Waals surface area contributed by atoms with Gasteiger partial charge < -0.3 is 16.2 Å². The molecular formula is C19H17N3O3. The van der Waals surface area contributed by atoms with Crippen LogP contribution >= 0.6 is 0 Å². The predicted molar refractivity (Wildman–Crippen MR) is 92.2 cm³/mol. The molecule has 3 rings (SSSR count). The van der Waals surface area contributed by atoms with E-state index in [1.807, 2.05) is 24.3 Å². The maximum atomic E-state index is 11.9. The number of pyridine rings is 1. The Bertz CT molecular complexity index is 898. The van der Waals surface area contributed by atoms with Crippen LogP contribution in [-0.4, -0.2) is 35.1 Å². The van der Waals surface area contributed by atoms with Crippen LogP contribution in [0, 0.1) is 17.3 Å². The van der Waals surface area contributed by atoms with Crippen LogP contribution in [0.4, 0.5) is 0 Å². The summed E-state index contributed by atoms with van der Waals surface area (Å²) in [6, 6.07) is 12.3. The molecule has 6 nitrogen and oxygen atoms in total. The SMILES string of the molecule is NC(=O)c1cccc(-c2cccc(C#C[C@@]3(CO)CCNC3=O)c2)n1. The number of nitrogens with two attached hydrogens (primary N) is 1. The Morgan fingerprint density at radius 1 is 1.32 bits per heavy atom. The molecule has 0 aliphatic carbocycles. The summed E-state index contributed by atoms with van der Waals surface area (Å²) in [5.41, 5.74) is 6.49. The zero-order valence-electron chi connectivity index (χ0n) is 13.5. The van der Waals surface area contributed by atoms with E-state index in [0.29, 0.717) is 24.2 Å². The molecule has 1 atom stereocenters. The van der Waals surface area contributed by atoms with E-state index in [1.165, 1.54) is 0 Å². The maximum absolute atomic E-state index is 11.9. The van der Waals surface area contributed by atoms with E-state index >= 15 is 0 Å². The lowest BCUT2D eigenvalue weighted by Gasteiger charge is -2.15. The topological polar surface area (TPSA) is 105 Å². The number of benzene rings is 1. The van der Waals surface area contributed by atoms with E-state index in [2.05, 4.69) is 22.1 Å². The normalized spacial score (nSPS) is 19.0. The summed E-state index contributed by atoms with van der Waals surface area (Å²) in [6.07, 6.45) is 0.483. The second-order valence-corrected chi connectivity index (χ2v) is 5.85. The van der Waals surface area contributed by atoms with Crippen LogP contribution in [0.25, 0.3) is 11.3 Å². The van der Waals surface area contributed by atoms with Gasteiger partial charge in [-0.25, -0.2) is 4.98 Å². The summed E-state index contributed by atoms with van der Waals surface area (Å²) >= 11 is 0. The molecule has 1 fully saturated rings. The minimum atomic E-state index is -1.04. The van der Waals surface area contributed by atoms with Gasteiger partial charge in [0.05, 0.1) is 12.3 Å². The van der Waals surface area contributed by atoms with E-state index < -0.39 is 11.3 Å². The van der Waals surface area contributed by atoms with Crippen LogP contribution in [0.1, 0.15) is 22.5 Å². The molecule has 0 bridgehead atoms. The minimum absolute atomic E-state index is 0.191. The average Bonchev–Trinajstić information content (AvgIpc) is 3.01. The number of carbonyl (C=O) groups is 2. The maximum Gasteiger partial charge on any atom is 0.267 e. The van der Waals surface area contributed by atoms with Crippen LogP contribution in [0.3, 0.4) is 0 Å². The van der Waals surface area contributed by atoms with Crippen molar-refractivity contribution in [3.63, 3.8) is 0 Å². The summed E-state index contributed by atoms with van der Waals surface area (Å²) in [4.78, 5) is 27.4. The zero-order valence-corrected chi connectivity index (χ0v) is 13.5. The van der Waals surface area contributed by atoms with Gasteiger partial charge in [0.2, 0.25) is 5.91 Å². The fourth-order valence-corrected chi connectivity index (χ4v) is 2.66. The number of rotatable bonds is 3. The fourth-order valence-electron chi connectivity index (χ4n) is 2.66. The molecule has 6 heteroatoms. The van der Waals surface area contributed by atoms with Crippen LogP contribution < -0.4 is 11.1 Å². The molecule has 1 aromatic carbocycles. The molecule has 2 aromatic rings. The molecule has 4 N–H and O–H groups in total. The molecule has 2 amide bonds. The highest BCUT2D eigenvalue weighted by molar-refractivity contribution is 5.91. The molecule has 1 saturated heterocycles. The number of aliphatic hydroxyl groups is 1. The zero-order chi connectivity index (χ0) is 17.9. The second kappa shape index (κ2) is 6.75. The van der Waals surface area contributed by atoms with Crippen molar-refractivity contribution in [3.05, 3.63) is 53.7 Å². The van der Waals surface area contributed by atoms with Gasteiger partial charge in [-0.3, -0.25) is 9.59 Å². The van der Waals surface area contributed by atoms with Crippen LogP contribution in [-0.2, 0) is 4.79 Å². The van der Waals surface area contributed by atoms with Crippen molar-refractivity contribution in [3.8, 4) is 23.1 Å². The van der Waals surface area contributed by atoms with E-state index in [9.17, 15) is 14.7 Å². The van der Waals surface area contributed by atoms with Crippen molar-refractivity contribution in [2.24, 2.45) is 11.1 Å². The van der Waals surface area contributed by atoms with E-state index in [4.69, 9.17) is 5.73 Å². The lowest BCUT2D eigenvalue weighted by Crippen LogP contribution is -2.33. The Morgan fingerprint density at radius 2 is 2.12 bits per heavy atom. The first-order chi connectivity index (χ1) is 12.0. The van der Waals surface area contributed by atoms with Gasteiger partial charge in [-0.1, -0.05) is 30.0 Å². The van der Waals surface area contributed by atoms with Gasteiger partial charge in [0, 0.05) is 17.7 Å². The molecule has 1 aliphatic heterocycles. The lowest BCUT2D eigenvalue weighted by atomic mass is 9.88. The molecule has 126 valence electrons. The lowest BCUT2D eigenvalue weighted by molar-refractivity contribution is -0.126. The fraction of sp³-hybridized carbons (Fsp3) is 0.211. The molecule has 0 radical (unpaired) electrons. The number of hydrogen-bond acceptors (Lipinski definition) is 4. The van der Waals surface area contributed by atoms with Crippen molar-refractivity contribution >= 4 is 11.8 Å². The van der Waals surface area contributed by atoms with Gasteiger partial charge in [-0.15, -0.1) is 0 Å². The van der Waals surface area contributed by atoms with Gasteiger partial charge in [0.1, 0.15) is 11.1 Å². The third kappa shape index (κ3) is 3.37. The number of aromatic nitrogens is 1. The average molecular weight is 335 g/mol. The van der Waals surface area contributed by atoms with Crippen LogP contribution in [0.15, 0.2) is 42.5 Å².